The summed E-state index contributed by atoms with van der Waals surface area (Å²) in [5.74, 6) is -0.0344. The van der Waals surface area contributed by atoms with Crippen LogP contribution in [0.4, 0.5) is 0 Å². The fourth-order valence-electron chi connectivity index (χ4n) is 2.05. The molecule has 0 saturated heterocycles. The average Bonchev–Trinajstić information content (AvgIpc) is 2.75. The summed E-state index contributed by atoms with van der Waals surface area (Å²) in [6.07, 6.45) is 2.43. The van der Waals surface area contributed by atoms with Crippen molar-refractivity contribution in [2.75, 3.05) is 12.3 Å². The first-order chi connectivity index (χ1) is 9.87. The van der Waals surface area contributed by atoms with Crippen LogP contribution in [0.5, 0.6) is 0 Å². The smallest absolute Gasteiger partial charge is 0.215 e. The molecule has 0 amide bonds. The van der Waals surface area contributed by atoms with Crippen molar-refractivity contribution in [2.45, 2.75) is 19.9 Å². The number of fused-ring (bicyclic) bond motifs is 1. The number of aryl methyl sites for hydroxylation is 1. The van der Waals surface area contributed by atoms with Crippen molar-refractivity contribution < 1.29 is 8.42 Å². The first kappa shape index (κ1) is 16.0. The molecule has 0 fully saturated rings. The van der Waals surface area contributed by atoms with E-state index in [1.807, 2.05) is 22.9 Å². The molecular formula is C14H18ClN3O2S. The molecule has 2 rings (SSSR count). The predicted octanol–water partition coefficient (Wildman–Crippen LogP) is 2.58. The second kappa shape index (κ2) is 6.60. The Labute approximate surface area is 129 Å². The third kappa shape index (κ3) is 4.56. The van der Waals surface area contributed by atoms with E-state index in [0.717, 1.165) is 10.9 Å². The molecule has 7 heteroatoms. The number of benzene rings is 1. The van der Waals surface area contributed by atoms with E-state index in [-0.39, 0.29) is 5.75 Å². The van der Waals surface area contributed by atoms with Crippen molar-refractivity contribution in [1.29, 1.82) is 0 Å². The van der Waals surface area contributed by atoms with Gasteiger partial charge in [-0.3, -0.25) is 4.68 Å². The SMILES string of the molecule is C=C(C)CS(=O)(=O)NCCCn1ncc2ccc(Cl)cc21. The van der Waals surface area contributed by atoms with E-state index in [0.29, 0.717) is 30.1 Å². The number of nitrogens with zero attached hydrogens (tertiary/aromatic N) is 2. The Kier molecular flexibility index (Phi) is 5.03. The van der Waals surface area contributed by atoms with Crippen molar-refractivity contribution in [3.8, 4) is 0 Å². The molecular weight excluding hydrogens is 310 g/mol. The highest BCUT2D eigenvalue weighted by atomic mass is 35.5. The summed E-state index contributed by atoms with van der Waals surface area (Å²) in [5, 5.41) is 5.96. The molecule has 114 valence electrons. The number of aromatic nitrogens is 2. The minimum atomic E-state index is -3.27. The van der Waals surface area contributed by atoms with Crippen molar-refractivity contribution in [3.63, 3.8) is 0 Å². The van der Waals surface area contributed by atoms with Gasteiger partial charge in [-0.2, -0.15) is 5.10 Å². The zero-order valence-corrected chi connectivity index (χ0v) is 13.4. The largest absolute Gasteiger partial charge is 0.265 e. The van der Waals surface area contributed by atoms with Gasteiger partial charge in [0, 0.05) is 23.5 Å². The Morgan fingerprint density at radius 1 is 1.48 bits per heavy atom. The van der Waals surface area contributed by atoms with E-state index in [2.05, 4.69) is 16.4 Å². The number of halogens is 1. The van der Waals surface area contributed by atoms with E-state index in [4.69, 9.17) is 11.6 Å². The maximum absolute atomic E-state index is 11.6. The lowest BCUT2D eigenvalue weighted by Crippen LogP contribution is -2.28. The molecule has 0 aliphatic rings. The van der Waals surface area contributed by atoms with Gasteiger partial charge in [-0.25, -0.2) is 13.1 Å². The zero-order chi connectivity index (χ0) is 15.5. The molecule has 2 aromatic rings. The topological polar surface area (TPSA) is 64.0 Å². The van der Waals surface area contributed by atoms with Crippen LogP contribution >= 0.6 is 11.6 Å². The molecule has 0 radical (unpaired) electrons. The van der Waals surface area contributed by atoms with Crippen molar-refractivity contribution >= 4 is 32.5 Å². The fourth-order valence-corrected chi connectivity index (χ4v) is 3.43. The Hall–Kier alpha value is -1.37. The van der Waals surface area contributed by atoms with E-state index >= 15 is 0 Å². The number of sulfonamides is 1. The first-order valence-electron chi connectivity index (χ1n) is 6.60. The summed E-state index contributed by atoms with van der Waals surface area (Å²) in [5.41, 5.74) is 1.57. The van der Waals surface area contributed by atoms with Crippen LogP contribution in [0.25, 0.3) is 10.9 Å². The molecule has 0 atom stereocenters. The summed E-state index contributed by atoms with van der Waals surface area (Å²) in [6, 6.07) is 5.59. The monoisotopic (exact) mass is 327 g/mol. The first-order valence-corrected chi connectivity index (χ1v) is 8.63. The number of hydrogen-bond donors (Lipinski definition) is 1. The molecule has 1 heterocycles. The number of nitrogens with one attached hydrogen (secondary N) is 1. The molecule has 5 nitrogen and oxygen atoms in total. The van der Waals surface area contributed by atoms with Crippen molar-refractivity contribution in [2.24, 2.45) is 0 Å². The van der Waals surface area contributed by atoms with Gasteiger partial charge < -0.3 is 0 Å². The van der Waals surface area contributed by atoms with Crippen LogP contribution in [0.15, 0.2) is 36.5 Å². The summed E-state index contributed by atoms with van der Waals surface area (Å²) in [7, 11) is -3.27. The molecule has 0 aliphatic heterocycles. The summed E-state index contributed by atoms with van der Waals surface area (Å²) in [6.45, 7) is 6.30. The van der Waals surface area contributed by atoms with Gasteiger partial charge in [0.2, 0.25) is 10.0 Å². The Morgan fingerprint density at radius 2 is 2.24 bits per heavy atom. The lowest BCUT2D eigenvalue weighted by atomic mass is 10.2. The van der Waals surface area contributed by atoms with Crippen molar-refractivity contribution in [3.05, 3.63) is 41.6 Å². The standard InChI is InChI=1S/C14H18ClN3O2S/c1-11(2)10-21(19,20)17-6-3-7-18-14-8-13(15)5-4-12(14)9-16-18/h4-5,8-9,17H,1,3,6-7,10H2,2H3. The lowest BCUT2D eigenvalue weighted by Gasteiger charge is -2.07. The number of rotatable bonds is 7. The van der Waals surface area contributed by atoms with Gasteiger partial charge in [-0.15, -0.1) is 0 Å². The summed E-state index contributed by atoms with van der Waals surface area (Å²) in [4.78, 5) is 0. The molecule has 1 aromatic heterocycles. The highest BCUT2D eigenvalue weighted by molar-refractivity contribution is 7.89. The van der Waals surface area contributed by atoms with E-state index in [1.165, 1.54) is 0 Å². The molecule has 0 saturated carbocycles. The van der Waals surface area contributed by atoms with E-state index in [1.54, 1.807) is 13.1 Å². The highest BCUT2D eigenvalue weighted by Crippen LogP contribution is 2.19. The van der Waals surface area contributed by atoms with Gasteiger partial charge in [0.05, 0.1) is 17.5 Å². The molecule has 0 unspecified atom stereocenters. The molecule has 1 N–H and O–H groups in total. The van der Waals surface area contributed by atoms with Gasteiger partial charge in [0.25, 0.3) is 0 Å². The average molecular weight is 328 g/mol. The van der Waals surface area contributed by atoms with Crippen LogP contribution in [-0.2, 0) is 16.6 Å². The summed E-state index contributed by atoms with van der Waals surface area (Å²) >= 11 is 5.98. The van der Waals surface area contributed by atoms with Crippen LogP contribution in [-0.4, -0.2) is 30.5 Å². The molecule has 1 aromatic carbocycles. The second-order valence-corrected chi connectivity index (χ2v) is 7.28. The number of hydrogen-bond acceptors (Lipinski definition) is 3. The lowest BCUT2D eigenvalue weighted by molar-refractivity contribution is 0.561. The van der Waals surface area contributed by atoms with E-state index in [9.17, 15) is 8.42 Å². The van der Waals surface area contributed by atoms with Crippen LogP contribution in [0.1, 0.15) is 13.3 Å². The molecule has 21 heavy (non-hydrogen) atoms. The third-order valence-corrected chi connectivity index (χ3v) is 4.66. The minimum absolute atomic E-state index is 0.0344. The Bertz CT molecular complexity index is 753. The third-order valence-electron chi connectivity index (χ3n) is 2.91. The molecule has 0 aliphatic carbocycles. The van der Waals surface area contributed by atoms with Gasteiger partial charge >= 0.3 is 0 Å². The Balaban J connectivity index is 1.91. The van der Waals surface area contributed by atoms with Crippen LogP contribution in [0.3, 0.4) is 0 Å². The van der Waals surface area contributed by atoms with Gasteiger partial charge in [0.1, 0.15) is 0 Å². The second-order valence-electron chi connectivity index (χ2n) is 5.03. The van der Waals surface area contributed by atoms with Gasteiger partial charge in [-0.1, -0.05) is 23.8 Å². The normalized spacial score (nSPS) is 11.9. The van der Waals surface area contributed by atoms with Crippen molar-refractivity contribution in [1.82, 2.24) is 14.5 Å². The van der Waals surface area contributed by atoms with Gasteiger partial charge in [-0.05, 0) is 31.5 Å². The summed E-state index contributed by atoms with van der Waals surface area (Å²) < 4.78 is 27.7. The van der Waals surface area contributed by atoms with Crippen LogP contribution < -0.4 is 4.72 Å². The van der Waals surface area contributed by atoms with Gasteiger partial charge in [0.15, 0.2) is 0 Å². The van der Waals surface area contributed by atoms with Crippen LogP contribution in [0, 0.1) is 0 Å². The Morgan fingerprint density at radius 3 is 2.95 bits per heavy atom. The minimum Gasteiger partial charge on any atom is -0.265 e. The molecule has 0 spiro atoms. The maximum atomic E-state index is 11.6. The van der Waals surface area contributed by atoms with Crippen LogP contribution in [0.2, 0.25) is 5.02 Å². The van der Waals surface area contributed by atoms with E-state index < -0.39 is 10.0 Å². The zero-order valence-electron chi connectivity index (χ0n) is 11.8. The maximum Gasteiger partial charge on any atom is 0.215 e. The highest BCUT2D eigenvalue weighted by Gasteiger charge is 2.09. The quantitative estimate of drug-likeness (QED) is 0.628. The fraction of sp³-hybridized carbons (Fsp3) is 0.357. The predicted molar refractivity (Wildman–Crippen MR) is 86.0 cm³/mol. The molecule has 0 bridgehead atoms.